The van der Waals surface area contributed by atoms with Crippen molar-refractivity contribution >= 4 is 29.2 Å². The highest BCUT2D eigenvalue weighted by Gasteiger charge is 2.11. The minimum Gasteiger partial charge on any atom is -0.508 e. The number of aromatic hydroxyl groups is 1. The number of phenolic OH excluding ortho intramolecular Hbond substituents is 1. The number of carbonyl (C=O) groups excluding carboxylic acids is 1. The fourth-order valence-electron chi connectivity index (χ4n) is 1.72. The third kappa shape index (κ3) is 3.00. The van der Waals surface area contributed by atoms with E-state index in [4.69, 9.17) is 23.2 Å². The summed E-state index contributed by atoms with van der Waals surface area (Å²) in [5.41, 5.74) is 1.60. The number of phenols is 1. The molecule has 2 aromatic rings. The van der Waals surface area contributed by atoms with E-state index >= 15 is 0 Å². The second-order valence-electron chi connectivity index (χ2n) is 3.88. The van der Waals surface area contributed by atoms with Gasteiger partial charge in [-0.3, -0.25) is 0 Å². The van der Waals surface area contributed by atoms with Crippen molar-refractivity contribution in [3.63, 3.8) is 0 Å². The van der Waals surface area contributed by atoms with Gasteiger partial charge in [0.25, 0.3) is 0 Å². The van der Waals surface area contributed by atoms with Crippen LogP contribution < -0.4 is 0 Å². The van der Waals surface area contributed by atoms with Gasteiger partial charge in [0.15, 0.2) is 0 Å². The highest BCUT2D eigenvalue weighted by atomic mass is 35.5. The average Bonchev–Trinajstić information content (AvgIpc) is 2.37. The van der Waals surface area contributed by atoms with Gasteiger partial charge in [-0.2, -0.15) is 0 Å². The van der Waals surface area contributed by atoms with Crippen molar-refractivity contribution in [3.8, 4) is 16.9 Å². The summed E-state index contributed by atoms with van der Waals surface area (Å²) in [5, 5.41) is 10.4. The molecule has 5 heteroatoms. The van der Waals surface area contributed by atoms with Gasteiger partial charge in [0.05, 0.1) is 12.7 Å². The Balaban J connectivity index is 2.57. The molecule has 1 N–H and O–H groups in total. The SMILES string of the molecule is COC(=O)c1ccc(Cl)c(-c2cc(O)cc(Cl)c2)c1. The van der Waals surface area contributed by atoms with Gasteiger partial charge in [0.1, 0.15) is 5.75 Å². The minimum atomic E-state index is -0.454. The van der Waals surface area contributed by atoms with Crippen molar-refractivity contribution in [2.24, 2.45) is 0 Å². The Hall–Kier alpha value is -1.71. The Morgan fingerprint density at radius 2 is 1.89 bits per heavy atom. The van der Waals surface area contributed by atoms with Crippen molar-refractivity contribution in [2.75, 3.05) is 7.11 Å². The lowest BCUT2D eigenvalue weighted by Gasteiger charge is -2.08. The van der Waals surface area contributed by atoms with Crippen molar-refractivity contribution in [2.45, 2.75) is 0 Å². The van der Waals surface area contributed by atoms with Crippen LogP contribution in [0.4, 0.5) is 0 Å². The smallest absolute Gasteiger partial charge is 0.337 e. The molecule has 0 aliphatic rings. The fourth-order valence-corrected chi connectivity index (χ4v) is 2.18. The summed E-state index contributed by atoms with van der Waals surface area (Å²) < 4.78 is 4.66. The van der Waals surface area contributed by atoms with Crippen LogP contribution in [-0.4, -0.2) is 18.2 Å². The lowest BCUT2D eigenvalue weighted by atomic mass is 10.0. The molecule has 2 aromatic carbocycles. The quantitative estimate of drug-likeness (QED) is 0.847. The molecule has 0 radical (unpaired) electrons. The number of carbonyl (C=O) groups is 1. The average molecular weight is 297 g/mol. The summed E-state index contributed by atoms with van der Waals surface area (Å²) in [6, 6.07) is 9.36. The van der Waals surface area contributed by atoms with Gasteiger partial charge in [0.2, 0.25) is 0 Å². The maximum absolute atomic E-state index is 11.5. The molecule has 0 atom stereocenters. The first-order chi connectivity index (χ1) is 9.01. The van der Waals surface area contributed by atoms with Gasteiger partial charge < -0.3 is 9.84 Å². The lowest BCUT2D eigenvalue weighted by Crippen LogP contribution is -2.01. The molecule has 0 saturated carbocycles. The molecule has 0 aromatic heterocycles. The van der Waals surface area contributed by atoms with E-state index in [0.717, 1.165) is 0 Å². The summed E-state index contributed by atoms with van der Waals surface area (Å²) in [6.45, 7) is 0. The zero-order valence-electron chi connectivity index (χ0n) is 9.98. The fraction of sp³-hybridized carbons (Fsp3) is 0.0714. The topological polar surface area (TPSA) is 46.5 Å². The van der Waals surface area contributed by atoms with Gasteiger partial charge in [-0.05, 0) is 42.0 Å². The molecular weight excluding hydrogens is 287 g/mol. The number of rotatable bonds is 2. The van der Waals surface area contributed by atoms with Crippen LogP contribution in [0, 0.1) is 0 Å². The molecule has 0 amide bonds. The largest absolute Gasteiger partial charge is 0.508 e. The molecule has 19 heavy (non-hydrogen) atoms. The van der Waals surface area contributed by atoms with Crippen LogP contribution in [0.25, 0.3) is 11.1 Å². The molecule has 0 saturated heterocycles. The van der Waals surface area contributed by atoms with Crippen LogP contribution in [0.2, 0.25) is 10.0 Å². The Kier molecular flexibility index (Phi) is 3.98. The molecule has 0 aliphatic heterocycles. The number of hydrogen-bond donors (Lipinski definition) is 1. The molecule has 98 valence electrons. The lowest BCUT2D eigenvalue weighted by molar-refractivity contribution is 0.0601. The van der Waals surface area contributed by atoms with Gasteiger partial charge in [-0.1, -0.05) is 23.2 Å². The van der Waals surface area contributed by atoms with Gasteiger partial charge in [0, 0.05) is 15.6 Å². The molecule has 3 nitrogen and oxygen atoms in total. The third-order valence-electron chi connectivity index (χ3n) is 2.58. The van der Waals surface area contributed by atoms with E-state index in [0.29, 0.717) is 26.7 Å². The van der Waals surface area contributed by atoms with Crippen LogP contribution in [0.15, 0.2) is 36.4 Å². The second-order valence-corrected chi connectivity index (χ2v) is 4.73. The first-order valence-electron chi connectivity index (χ1n) is 5.39. The minimum absolute atomic E-state index is 0.0297. The molecule has 0 unspecified atom stereocenters. The van der Waals surface area contributed by atoms with Crippen molar-refractivity contribution in [3.05, 3.63) is 52.0 Å². The number of benzene rings is 2. The number of hydrogen-bond acceptors (Lipinski definition) is 3. The first-order valence-corrected chi connectivity index (χ1v) is 6.14. The van der Waals surface area contributed by atoms with Crippen LogP contribution in [0.1, 0.15) is 10.4 Å². The Labute approximate surface area is 120 Å². The second kappa shape index (κ2) is 5.51. The monoisotopic (exact) mass is 296 g/mol. The molecular formula is C14H10Cl2O3. The van der Waals surface area contributed by atoms with Gasteiger partial charge >= 0.3 is 5.97 Å². The van der Waals surface area contributed by atoms with E-state index < -0.39 is 5.97 Å². The molecule has 0 fully saturated rings. The summed E-state index contributed by atoms with van der Waals surface area (Å²) in [7, 11) is 1.31. The first kappa shape index (κ1) is 13.7. The zero-order chi connectivity index (χ0) is 14.0. The standard InChI is InChI=1S/C14H10Cl2O3/c1-19-14(18)8-2-3-13(16)12(6-8)9-4-10(15)7-11(17)5-9/h2-7,17H,1H3. The van der Waals surface area contributed by atoms with E-state index in [9.17, 15) is 9.90 Å². The predicted molar refractivity (Wildman–Crippen MR) is 74.9 cm³/mol. The van der Waals surface area contributed by atoms with E-state index in [1.807, 2.05) is 0 Å². The molecule has 2 rings (SSSR count). The summed E-state index contributed by atoms with van der Waals surface area (Å²) in [5.74, 6) is -0.425. The van der Waals surface area contributed by atoms with E-state index in [1.54, 1.807) is 24.3 Å². The summed E-state index contributed by atoms with van der Waals surface area (Å²) in [4.78, 5) is 11.5. The highest BCUT2D eigenvalue weighted by molar-refractivity contribution is 6.34. The van der Waals surface area contributed by atoms with Crippen LogP contribution in [0.5, 0.6) is 5.75 Å². The number of esters is 1. The maximum Gasteiger partial charge on any atom is 0.337 e. The zero-order valence-corrected chi connectivity index (χ0v) is 11.5. The van der Waals surface area contributed by atoms with Crippen LogP contribution >= 0.6 is 23.2 Å². The van der Waals surface area contributed by atoms with Crippen LogP contribution in [-0.2, 0) is 4.74 Å². The van der Waals surface area contributed by atoms with Crippen LogP contribution in [0.3, 0.4) is 0 Å². The van der Waals surface area contributed by atoms with Crippen molar-refractivity contribution < 1.29 is 14.6 Å². The molecule has 0 heterocycles. The van der Waals surface area contributed by atoms with E-state index in [1.165, 1.54) is 19.2 Å². The maximum atomic E-state index is 11.5. The highest BCUT2D eigenvalue weighted by Crippen LogP contribution is 2.33. The number of ether oxygens (including phenoxy) is 1. The van der Waals surface area contributed by atoms with Crippen molar-refractivity contribution in [1.29, 1.82) is 0 Å². The van der Waals surface area contributed by atoms with Gasteiger partial charge in [-0.15, -0.1) is 0 Å². The van der Waals surface area contributed by atoms with E-state index in [-0.39, 0.29) is 5.75 Å². The molecule has 0 aliphatic carbocycles. The normalized spacial score (nSPS) is 10.3. The summed E-state index contributed by atoms with van der Waals surface area (Å²) in [6.07, 6.45) is 0. The van der Waals surface area contributed by atoms with Gasteiger partial charge in [-0.25, -0.2) is 4.79 Å². The Bertz CT molecular complexity index is 618. The predicted octanol–water partition coefficient (Wildman–Crippen LogP) is 4.15. The molecule has 0 bridgehead atoms. The summed E-state index contributed by atoms with van der Waals surface area (Å²) >= 11 is 12.0. The Morgan fingerprint density at radius 3 is 2.53 bits per heavy atom. The van der Waals surface area contributed by atoms with E-state index in [2.05, 4.69) is 4.74 Å². The third-order valence-corrected chi connectivity index (χ3v) is 3.13. The Morgan fingerprint density at radius 1 is 1.16 bits per heavy atom. The number of methoxy groups -OCH3 is 1. The molecule has 0 spiro atoms. The van der Waals surface area contributed by atoms with Crippen molar-refractivity contribution in [1.82, 2.24) is 0 Å². The number of halogens is 2.